The van der Waals surface area contributed by atoms with Gasteiger partial charge < -0.3 is 24.6 Å². The van der Waals surface area contributed by atoms with Crippen LogP contribution in [-0.4, -0.2) is 52.7 Å². The number of aliphatic hydroxyl groups excluding tert-OH is 2. The van der Waals surface area contributed by atoms with Gasteiger partial charge in [-0.3, -0.25) is 0 Å². The number of nitrogens with zero attached hydrogens (tertiary/aromatic N) is 2. The Morgan fingerprint density at radius 2 is 2.23 bits per heavy atom. The minimum absolute atomic E-state index is 0.0188. The highest BCUT2D eigenvalue weighted by Crippen LogP contribution is 2.42. The van der Waals surface area contributed by atoms with E-state index in [1.165, 1.54) is 0 Å². The Hall–Kier alpha value is -2.28. The number of methoxy groups -OCH3 is 1. The Morgan fingerprint density at radius 1 is 1.42 bits per heavy atom. The van der Waals surface area contributed by atoms with Crippen molar-refractivity contribution in [2.45, 2.75) is 19.3 Å². The summed E-state index contributed by atoms with van der Waals surface area (Å²) in [6, 6.07) is 7.79. The highest BCUT2D eigenvalue weighted by Gasteiger charge is 2.39. The quantitative estimate of drug-likeness (QED) is 0.789. The molecule has 0 fully saturated rings. The normalized spacial score (nSPS) is 22.7. The highest BCUT2D eigenvalue weighted by atomic mass is 16.5. The first kappa shape index (κ1) is 17.1. The van der Waals surface area contributed by atoms with Crippen LogP contribution < -0.4 is 0 Å². The van der Waals surface area contributed by atoms with Crippen LogP contribution in [0.1, 0.15) is 16.8 Å². The number of pyridine rings is 1. The highest BCUT2D eigenvalue weighted by molar-refractivity contribution is 5.87. The van der Waals surface area contributed by atoms with Crippen LogP contribution in [0.4, 0.5) is 0 Å². The van der Waals surface area contributed by atoms with Crippen molar-refractivity contribution >= 4 is 22.9 Å². The van der Waals surface area contributed by atoms with E-state index in [4.69, 9.17) is 9.72 Å². The summed E-state index contributed by atoms with van der Waals surface area (Å²) < 4.78 is 5.30. The van der Waals surface area contributed by atoms with Gasteiger partial charge in [0.2, 0.25) is 0 Å². The monoisotopic (exact) mass is 354 g/mol. The lowest BCUT2D eigenvalue weighted by Gasteiger charge is -2.36. The molecule has 0 saturated carbocycles. The lowest BCUT2D eigenvalue weighted by atomic mass is 9.84. The van der Waals surface area contributed by atoms with Crippen molar-refractivity contribution in [2.24, 2.45) is 11.8 Å². The van der Waals surface area contributed by atoms with Gasteiger partial charge in [-0.25, -0.2) is 4.98 Å². The van der Waals surface area contributed by atoms with Crippen LogP contribution in [0.15, 0.2) is 30.3 Å². The molecule has 0 amide bonds. The molecule has 26 heavy (non-hydrogen) atoms. The van der Waals surface area contributed by atoms with Crippen LogP contribution in [0.25, 0.3) is 16.6 Å². The van der Waals surface area contributed by atoms with Crippen molar-refractivity contribution in [3.63, 3.8) is 0 Å². The summed E-state index contributed by atoms with van der Waals surface area (Å²) in [6.07, 6.45) is 1.47. The molecular formula is C20H22N2O4. The fraction of sp³-hybridized carbons (Fsp3) is 0.400. The fourth-order valence-electron chi connectivity index (χ4n) is 4.22. The summed E-state index contributed by atoms with van der Waals surface area (Å²) in [5.74, 6) is -0.291. The largest absolute Gasteiger partial charge is 0.392 e. The molecule has 4 rings (SSSR count). The number of rotatable bonds is 5. The maximum absolute atomic E-state index is 11.2. The van der Waals surface area contributed by atoms with Gasteiger partial charge in [0.05, 0.1) is 30.1 Å². The van der Waals surface area contributed by atoms with E-state index in [-0.39, 0.29) is 18.4 Å². The second-order valence-corrected chi connectivity index (χ2v) is 6.94. The third-order valence-electron chi connectivity index (χ3n) is 5.47. The van der Waals surface area contributed by atoms with Crippen LogP contribution >= 0.6 is 0 Å². The van der Waals surface area contributed by atoms with Crippen LogP contribution in [0.3, 0.4) is 0 Å². The van der Waals surface area contributed by atoms with Crippen molar-refractivity contribution in [3.8, 4) is 0 Å². The summed E-state index contributed by atoms with van der Waals surface area (Å²) >= 11 is 0. The number of ether oxygens (including phenoxy) is 1. The molecule has 136 valence electrons. The maximum Gasteiger partial charge on any atom is 0.149 e. The standard InChI is InChI=1S/C20H22N2O4/c1-26-11-12-7-22-8-15-16(9-23)13-4-2-3-5-17(13)21-20(15)18(22)6-14(12)19(25)10-24/h2-6,10,12,14,19,23,25H,7-9,11H2,1H3. The second kappa shape index (κ2) is 6.79. The predicted octanol–water partition coefficient (Wildman–Crippen LogP) is 1.34. The van der Waals surface area contributed by atoms with Crippen LogP contribution in [0.5, 0.6) is 0 Å². The Kier molecular flexibility index (Phi) is 4.48. The summed E-state index contributed by atoms with van der Waals surface area (Å²) in [5, 5.41) is 21.1. The Balaban J connectivity index is 1.85. The van der Waals surface area contributed by atoms with Crippen LogP contribution in [0, 0.1) is 11.8 Å². The van der Waals surface area contributed by atoms with Crippen molar-refractivity contribution < 1.29 is 19.7 Å². The van der Waals surface area contributed by atoms with E-state index in [9.17, 15) is 15.0 Å². The van der Waals surface area contributed by atoms with Crippen molar-refractivity contribution in [1.29, 1.82) is 0 Å². The maximum atomic E-state index is 11.2. The number of carbonyl (C=O) groups excluding carboxylic acids is 1. The Bertz CT molecular complexity index is 879. The molecule has 2 aliphatic rings. The van der Waals surface area contributed by atoms with E-state index in [1.54, 1.807) is 7.11 Å². The number of hydrogen-bond donors (Lipinski definition) is 2. The first-order valence-corrected chi connectivity index (χ1v) is 8.78. The van der Waals surface area contributed by atoms with Gasteiger partial charge in [-0.05, 0) is 11.6 Å². The molecule has 0 saturated heterocycles. The molecule has 2 N–H and O–H groups in total. The van der Waals surface area contributed by atoms with Crippen LogP contribution in [0.2, 0.25) is 0 Å². The van der Waals surface area contributed by atoms with Gasteiger partial charge in [-0.2, -0.15) is 0 Å². The van der Waals surface area contributed by atoms with E-state index in [2.05, 4.69) is 4.90 Å². The van der Waals surface area contributed by atoms with Crippen molar-refractivity contribution in [1.82, 2.24) is 9.88 Å². The molecular weight excluding hydrogens is 332 g/mol. The molecule has 3 heterocycles. The number of fused-ring (bicyclic) bond motifs is 4. The number of carbonyl (C=O) groups is 1. The molecule has 6 nitrogen and oxygen atoms in total. The minimum atomic E-state index is -1.06. The Labute approximate surface area is 151 Å². The van der Waals surface area contributed by atoms with Crippen molar-refractivity contribution in [3.05, 3.63) is 47.2 Å². The third kappa shape index (κ3) is 2.61. The molecule has 2 aliphatic heterocycles. The first-order chi connectivity index (χ1) is 12.7. The average Bonchev–Trinajstić information content (AvgIpc) is 3.02. The molecule has 0 bridgehead atoms. The average molecular weight is 354 g/mol. The second-order valence-electron chi connectivity index (χ2n) is 6.94. The fourth-order valence-corrected chi connectivity index (χ4v) is 4.22. The molecule has 1 aromatic carbocycles. The predicted molar refractivity (Wildman–Crippen MR) is 97.0 cm³/mol. The van der Waals surface area contributed by atoms with Gasteiger partial charge in [-0.1, -0.05) is 24.3 Å². The summed E-state index contributed by atoms with van der Waals surface area (Å²) in [7, 11) is 1.63. The SMILES string of the molecule is COCC1CN2Cc3c(nc4ccccc4c3CO)C2=CC1C(O)C=O. The van der Waals surface area contributed by atoms with E-state index in [0.717, 1.165) is 33.4 Å². The Morgan fingerprint density at radius 3 is 2.96 bits per heavy atom. The third-order valence-corrected chi connectivity index (χ3v) is 5.47. The zero-order valence-electron chi connectivity index (χ0n) is 14.6. The number of para-hydroxylation sites is 1. The number of hydrogen-bond acceptors (Lipinski definition) is 6. The van der Waals surface area contributed by atoms with E-state index in [0.29, 0.717) is 26.0 Å². The zero-order chi connectivity index (χ0) is 18.3. The summed E-state index contributed by atoms with van der Waals surface area (Å²) in [4.78, 5) is 18.2. The van der Waals surface area contributed by atoms with Gasteiger partial charge in [0.25, 0.3) is 0 Å². The van der Waals surface area contributed by atoms with Gasteiger partial charge >= 0.3 is 0 Å². The summed E-state index contributed by atoms with van der Waals surface area (Å²) in [5.41, 5.74) is 4.53. The number of benzene rings is 1. The molecule has 3 atom stereocenters. The van der Waals surface area contributed by atoms with Crippen molar-refractivity contribution in [2.75, 3.05) is 20.3 Å². The smallest absolute Gasteiger partial charge is 0.149 e. The first-order valence-electron chi connectivity index (χ1n) is 8.78. The van der Waals surface area contributed by atoms with Gasteiger partial charge in [-0.15, -0.1) is 0 Å². The van der Waals surface area contributed by atoms with E-state index < -0.39 is 6.10 Å². The molecule has 6 heteroatoms. The molecule has 1 aromatic heterocycles. The topological polar surface area (TPSA) is 82.9 Å². The molecule has 0 aliphatic carbocycles. The van der Waals surface area contributed by atoms with Crippen LogP contribution in [-0.2, 0) is 22.7 Å². The van der Waals surface area contributed by atoms with E-state index >= 15 is 0 Å². The lowest BCUT2D eigenvalue weighted by Crippen LogP contribution is -2.41. The van der Waals surface area contributed by atoms with Gasteiger partial charge in [0.1, 0.15) is 12.4 Å². The lowest BCUT2D eigenvalue weighted by molar-refractivity contribution is -0.118. The number of aldehydes is 1. The van der Waals surface area contributed by atoms with Gasteiger partial charge in [0, 0.05) is 43.0 Å². The molecule has 2 aromatic rings. The minimum Gasteiger partial charge on any atom is -0.392 e. The molecule has 3 unspecified atom stereocenters. The number of aliphatic hydroxyl groups is 2. The molecule has 0 radical (unpaired) electrons. The molecule has 0 spiro atoms. The zero-order valence-corrected chi connectivity index (χ0v) is 14.6. The number of aromatic nitrogens is 1. The summed E-state index contributed by atoms with van der Waals surface area (Å²) in [6.45, 7) is 1.76. The van der Waals surface area contributed by atoms with Gasteiger partial charge in [0.15, 0.2) is 0 Å². The van der Waals surface area contributed by atoms with E-state index in [1.807, 2.05) is 30.3 Å².